The Morgan fingerprint density at radius 2 is 1.21 bits per heavy atom. The van der Waals surface area contributed by atoms with E-state index in [2.05, 4.69) is 121 Å². The minimum Gasteiger partial charge on any atom is -0.0622 e. The third-order valence-electron chi connectivity index (χ3n) is 5.96. The summed E-state index contributed by atoms with van der Waals surface area (Å²) in [5.74, 6) is 0. The van der Waals surface area contributed by atoms with Gasteiger partial charge in [-0.15, -0.1) is 0 Å². The fourth-order valence-electron chi connectivity index (χ4n) is 4.50. The zero-order valence-corrected chi connectivity index (χ0v) is 17.6. The van der Waals surface area contributed by atoms with E-state index in [9.17, 15) is 0 Å². The summed E-state index contributed by atoms with van der Waals surface area (Å²) in [4.78, 5) is 0. The molecule has 1 aliphatic rings. The molecule has 0 heterocycles. The summed E-state index contributed by atoms with van der Waals surface area (Å²) in [7, 11) is 0. The van der Waals surface area contributed by atoms with Crippen molar-refractivity contribution in [3.63, 3.8) is 0 Å². The van der Waals surface area contributed by atoms with Crippen molar-refractivity contribution in [2.75, 3.05) is 0 Å². The van der Waals surface area contributed by atoms with Gasteiger partial charge in [-0.05, 0) is 62.7 Å². The van der Waals surface area contributed by atoms with E-state index >= 15 is 0 Å². The predicted octanol–water partition coefficient (Wildman–Crippen LogP) is 8.09. The van der Waals surface area contributed by atoms with Gasteiger partial charge in [0.2, 0.25) is 0 Å². The molecule has 136 valence electrons. The van der Waals surface area contributed by atoms with E-state index in [0.717, 1.165) is 4.47 Å². The Morgan fingerprint density at radius 1 is 0.536 bits per heavy atom. The van der Waals surface area contributed by atoms with E-state index < -0.39 is 0 Å². The van der Waals surface area contributed by atoms with Gasteiger partial charge in [0.15, 0.2) is 0 Å². The molecule has 0 spiro atoms. The lowest BCUT2D eigenvalue weighted by Gasteiger charge is -2.22. The third kappa shape index (κ3) is 2.65. The zero-order valence-electron chi connectivity index (χ0n) is 16.0. The molecule has 5 rings (SSSR count). The highest BCUT2D eigenvalue weighted by molar-refractivity contribution is 9.10. The third-order valence-corrected chi connectivity index (χ3v) is 6.45. The lowest BCUT2D eigenvalue weighted by Crippen LogP contribution is -2.14. The van der Waals surface area contributed by atoms with E-state index in [1.807, 2.05) is 0 Å². The first-order valence-corrected chi connectivity index (χ1v) is 10.4. The lowest BCUT2D eigenvalue weighted by molar-refractivity contribution is 0.660. The lowest BCUT2D eigenvalue weighted by atomic mass is 9.81. The molecule has 0 aromatic heterocycles. The van der Waals surface area contributed by atoms with Crippen LogP contribution < -0.4 is 0 Å². The number of rotatable bonds is 2. The molecule has 0 saturated carbocycles. The van der Waals surface area contributed by atoms with Crippen molar-refractivity contribution >= 4 is 15.9 Å². The molecule has 0 amide bonds. The minimum absolute atomic E-state index is 0.00304. The molecule has 0 radical (unpaired) electrons. The molecule has 0 saturated heterocycles. The maximum Gasteiger partial charge on any atom is 0.0181 e. The average molecular weight is 425 g/mol. The molecule has 0 aliphatic heterocycles. The van der Waals surface area contributed by atoms with Crippen LogP contribution in [0.15, 0.2) is 95.5 Å². The second kappa shape index (κ2) is 6.46. The van der Waals surface area contributed by atoms with Gasteiger partial charge in [0.05, 0.1) is 0 Å². The van der Waals surface area contributed by atoms with Crippen LogP contribution in [0.2, 0.25) is 0 Å². The SMILES string of the molecule is CC1(C)c2ccc(Br)cc2-c2ccc(-c3ccccc3-c3ccccc3)cc21. The summed E-state index contributed by atoms with van der Waals surface area (Å²) >= 11 is 3.64. The molecule has 0 bridgehead atoms. The largest absolute Gasteiger partial charge is 0.0622 e. The average Bonchev–Trinajstić information content (AvgIpc) is 2.95. The first-order chi connectivity index (χ1) is 13.6. The van der Waals surface area contributed by atoms with Crippen LogP contribution in [0.5, 0.6) is 0 Å². The molecule has 4 aromatic rings. The normalized spacial score (nSPS) is 13.8. The van der Waals surface area contributed by atoms with E-state index in [1.165, 1.54) is 44.5 Å². The summed E-state index contributed by atoms with van der Waals surface area (Å²) in [5, 5.41) is 0. The highest BCUT2D eigenvalue weighted by Crippen LogP contribution is 2.50. The van der Waals surface area contributed by atoms with Crippen LogP contribution in [-0.4, -0.2) is 0 Å². The van der Waals surface area contributed by atoms with Gasteiger partial charge in [0, 0.05) is 9.89 Å². The van der Waals surface area contributed by atoms with E-state index in [0.29, 0.717) is 0 Å². The minimum atomic E-state index is 0.00304. The maximum absolute atomic E-state index is 3.64. The quantitative estimate of drug-likeness (QED) is 0.304. The van der Waals surface area contributed by atoms with E-state index in [4.69, 9.17) is 0 Å². The van der Waals surface area contributed by atoms with Crippen molar-refractivity contribution in [3.05, 3.63) is 107 Å². The van der Waals surface area contributed by atoms with E-state index in [1.54, 1.807) is 0 Å². The molecule has 1 heteroatoms. The van der Waals surface area contributed by atoms with Crippen molar-refractivity contribution in [1.29, 1.82) is 0 Å². The van der Waals surface area contributed by atoms with Crippen LogP contribution in [-0.2, 0) is 5.41 Å². The highest BCUT2D eigenvalue weighted by Gasteiger charge is 2.35. The van der Waals surface area contributed by atoms with Crippen molar-refractivity contribution in [3.8, 4) is 33.4 Å². The van der Waals surface area contributed by atoms with E-state index in [-0.39, 0.29) is 5.41 Å². The Labute approximate surface area is 175 Å². The molecule has 0 unspecified atom stereocenters. The van der Waals surface area contributed by atoms with Gasteiger partial charge in [-0.1, -0.05) is 103 Å². The Hall–Kier alpha value is -2.64. The molecule has 0 nitrogen and oxygen atoms in total. The molecule has 0 atom stereocenters. The molecule has 4 aromatic carbocycles. The van der Waals surface area contributed by atoms with Crippen molar-refractivity contribution in [1.82, 2.24) is 0 Å². The van der Waals surface area contributed by atoms with Gasteiger partial charge in [-0.25, -0.2) is 0 Å². The van der Waals surface area contributed by atoms with Crippen LogP contribution in [0.4, 0.5) is 0 Å². The van der Waals surface area contributed by atoms with Crippen LogP contribution in [0.25, 0.3) is 33.4 Å². The number of halogens is 1. The van der Waals surface area contributed by atoms with Gasteiger partial charge in [-0.2, -0.15) is 0 Å². The summed E-state index contributed by atoms with van der Waals surface area (Å²) in [6, 6.07) is 33.0. The smallest absolute Gasteiger partial charge is 0.0181 e. The van der Waals surface area contributed by atoms with Gasteiger partial charge in [-0.3, -0.25) is 0 Å². The van der Waals surface area contributed by atoms with Gasteiger partial charge in [0.1, 0.15) is 0 Å². The van der Waals surface area contributed by atoms with Crippen LogP contribution in [0.1, 0.15) is 25.0 Å². The van der Waals surface area contributed by atoms with Crippen LogP contribution >= 0.6 is 15.9 Å². The van der Waals surface area contributed by atoms with Crippen molar-refractivity contribution < 1.29 is 0 Å². The number of fused-ring (bicyclic) bond motifs is 3. The van der Waals surface area contributed by atoms with Gasteiger partial charge in [0.25, 0.3) is 0 Å². The molecule has 28 heavy (non-hydrogen) atoms. The Balaban J connectivity index is 1.70. The van der Waals surface area contributed by atoms with Crippen LogP contribution in [0.3, 0.4) is 0 Å². The van der Waals surface area contributed by atoms with Crippen molar-refractivity contribution in [2.45, 2.75) is 19.3 Å². The maximum atomic E-state index is 3.64. The standard InChI is InChI=1S/C27H21Br/c1-27(2)25-15-13-20(28)17-24(25)23-14-12-19(16-26(23)27)22-11-7-6-10-21(22)18-8-4-3-5-9-18/h3-17H,1-2H3. The van der Waals surface area contributed by atoms with Gasteiger partial charge < -0.3 is 0 Å². The molecular formula is C27H21Br. The Morgan fingerprint density at radius 3 is 1.96 bits per heavy atom. The first kappa shape index (κ1) is 17.5. The highest BCUT2D eigenvalue weighted by atomic mass is 79.9. The van der Waals surface area contributed by atoms with Crippen LogP contribution in [0, 0.1) is 0 Å². The second-order valence-electron chi connectivity index (χ2n) is 7.99. The van der Waals surface area contributed by atoms with Crippen molar-refractivity contribution in [2.24, 2.45) is 0 Å². The monoisotopic (exact) mass is 424 g/mol. The number of hydrogen-bond donors (Lipinski definition) is 0. The topological polar surface area (TPSA) is 0 Å². The molecule has 1 aliphatic carbocycles. The number of benzene rings is 4. The zero-order chi connectivity index (χ0) is 19.3. The summed E-state index contributed by atoms with van der Waals surface area (Å²) in [6.45, 7) is 4.66. The number of hydrogen-bond acceptors (Lipinski definition) is 0. The molecule has 0 N–H and O–H groups in total. The first-order valence-electron chi connectivity index (χ1n) is 9.65. The summed E-state index contributed by atoms with van der Waals surface area (Å²) in [6.07, 6.45) is 0. The Bertz CT molecular complexity index is 1190. The van der Waals surface area contributed by atoms with Gasteiger partial charge >= 0.3 is 0 Å². The molecular weight excluding hydrogens is 404 g/mol. The second-order valence-corrected chi connectivity index (χ2v) is 8.90. The Kier molecular flexibility index (Phi) is 4.03. The summed E-state index contributed by atoms with van der Waals surface area (Å²) in [5.41, 5.74) is 10.6. The fraction of sp³-hybridized carbons (Fsp3) is 0.111. The predicted molar refractivity (Wildman–Crippen MR) is 123 cm³/mol. The molecule has 0 fully saturated rings. The summed E-state index contributed by atoms with van der Waals surface area (Å²) < 4.78 is 1.13. The fourth-order valence-corrected chi connectivity index (χ4v) is 4.86.